The SMILES string of the molecule is CC(C)(C)NCCOCc1nc(-c2ccccc2)no1. The van der Waals surface area contributed by atoms with E-state index in [1.807, 2.05) is 30.3 Å². The molecule has 0 bridgehead atoms. The first kappa shape index (κ1) is 14.7. The Balaban J connectivity index is 1.76. The van der Waals surface area contributed by atoms with Gasteiger partial charge in [-0.05, 0) is 20.8 Å². The first-order chi connectivity index (χ1) is 9.54. The highest BCUT2D eigenvalue weighted by Gasteiger charge is 2.09. The van der Waals surface area contributed by atoms with Gasteiger partial charge in [0.2, 0.25) is 5.82 Å². The number of hydrogen-bond donors (Lipinski definition) is 1. The van der Waals surface area contributed by atoms with Crippen LogP contribution < -0.4 is 5.32 Å². The van der Waals surface area contributed by atoms with Crippen molar-refractivity contribution in [1.29, 1.82) is 0 Å². The molecule has 0 unspecified atom stereocenters. The predicted molar refractivity (Wildman–Crippen MR) is 77.1 cm³/mol. The van der Waals surface area contributed by atoms with E-state index in [1.54, 1.807) is 0 Å². The molecule has 1 heterocycles. The molecule has 0 fully saturated rings. The molecule has 1 N–H and O–H groups in total. The van der Waals surface area contributed by atoms with Gasteiger partial charge in [-0.3, -0.25) is 0 Å². The van der Waals surface area contributed by atoms with Crippen LogP contribution in [0.15, 0.2) is 34.9 Å². The zero-order valence-electron chi connectivity index (χ0n) is 12.2. The van der Waals surface area contributed by atoms with Gasteiger partial charge < -0.3 is 14.6 Å². The van der Waals surface area contributed by atoms with Crippen LogP contribution in [-0.4, -0.2) is 28.8 Å². The number of nitrogens with zero attached hydrogens (tertiary/aromatic N) is 2. The third kappa shape index (κ3) is 4.75. The molecule has 0 amide bonds. The molecular weight excluding hydrogens is 254 g/mol. The van der Waals surface area contributed by atoms with Crippen LogP contribution in [0.5, 0.6) is 0 Å². The van der Waals surface area contributed by atoms with E-state index in [0.717, 1.165) is 12.1 Å². The Morgan fingerprint density at radius 2 is 1.95 bits per heavy atom. The van der Waals surface area contributed by atoms with Gasteiger partial charge in [0.25, 0.3) is 5.89 Å². The number of ether oxygens (including phenoxy) is 1. The summed E-state index contributed by atoms with van der Waals surface area (Å²) in [5, 5.41) is 7.29. The van der Waals surface area contributed by atoms with Gasteiger partial charge >= 0.3 is 0 Å². The van der Waals surface area contributed by atoms with E-state index in [2.05, 4.69) is 36.2 Å². The third-order valence-electron chi connectivity index (χ3n) is 2.63. The maximum Gasteiger partial charge on any atom is 0.252 e. The molecule has 1 aromatic carbocycles. The van der Waals surface area contributed by atoms with Crippen LogP contribution in [0, 0.1) is 0 Å². The Labute approximate surface area is 119 Å². The lowest BCUT2D eigenvalue weighted by molar-refractivity contribution is 0.0959. The summed E-state index contributed by atoms with van der Waals surface area (Å²) in [6.07, 6.45) is 0. The summed E-state index contributed by atoms with van der Waals surface area (Å²) in [4.78, 5) is 4.30. The third-order valence-corrected chi connectivity index (χ3v) is 2.63. The van der Waals surface area contributed by atoms with Crippen molar-refractivity contribution in [2.24, 2.45) is 0 Å². The Bertz CT molecular complexity index is 517. The monoisotopic (exact) mass is 275 g/mol. The van der Waals surface area contributed by atoms with Gasteiger partial charge in [0.15, 0.2) is 0 Å². The summed E-state index contributed by atoms with van der Waals surface area (Å²) in [6.45, 7) is 8.11. The van der Waals surface area contributed by atoms with Crippen molar-refractivity contribution in [2.75, 3.05) is 13.2 Å². The van der Waals surface area contributed by atoms with Gasteiger partial charge in [-0.15, -0.1) is 0 Å². The summed E-state index contributed by atoms with van der Waals surface area (Å²) < 4.78 is 10.7. The van der Waals surface area contributed by atoms with Crippen molar-refractivity contribution < 1.29 is 9.26 Å². The normalized spacial score (nSPS) is 11.8. The highest BCUT2D eigenvalue weighted by molar-refractivity contribution is 5.53. The van der Waals surface area contributed by atoms with Crippen LogP contribution in [0.25, 0.3) is 11.4 Å². The molecule has 20 heavy (non-hydrogen) atoms. The quantitative estimate of drug-likeness (QED) is 0.821. The fraction of sp³-hybridized carbons (Fsp3) is 0.467. The number of benzene rings is 1. The van der Waals surface area contributed by atoms with Gasteiger partial charge in [-0.2, -0.15) is 4.98 Å². The Morgan fingerprint density at radius 3 is 2.65 bits per heavy atom. The van der Waals surface area contributed by atoms with E-state index in [9.17, 15) is 0 Å². The fourth-order valence-electron chi connectivity index (χ4n) is 1.68. The first-order valence-corrected chi connectivity index (χ1v) is 6.75. The average molecular weight is 275 g/mol. The van der Waals surface area contributed by atoms with Gasteiger partial charge in [-0.1, -0.05) is 35.5 Å². The zero-order valence-corrected chi connectivity index (χ0v) is 12.2. The zero-order chi connectivity index (χ0) is 14.4. The van der Waals surface area contributed by atoms with Crippen LogP contribution in [-0.2, 0) is 11.3 Å². The fourth-order valence-corrected chi connectivity index (χ4v) is 1.68. The van der Waals surface area contributed by atoms with E-state index in [4.69, 9.17) is 9.26 Å². The minimum Gasteiger partial charge on any atom is -0.370 e. The van der Waals surface area contributed by atoms with E-state index in [-0.39, 0.29) is 5.54 Å². The molecule has 2 aromatic rings. The van der Waals surface area contributed by atoms with Crippen molar-refractivity contribution in [1.82, 2.24) is 15.5 Å². The lowest BCUT2D eigenvalue weighted by Crippen LogP contribution is -2.37. The predicted octanol–water partition coefficient (Wildman–Crippen LogP) is 2.64. The summed E-state index contributed by atoms with van der Waals surface area (Å²) in [5.41, 5.74) is 1.05. The van der Waals surface area contributed by atoms with Crippen LogP contribution in [0.3, 0.4) is 0 Å². The number of hydrogen-bond acceptors (Lipinski definition) is 5. The van der Waals surface area contributed by atoms with Gasteiger partial charge in [0.05, 0.1) is 6.61 Å². The van der Waals surface area contributed by atoms with Gasteiger partial charge in [0, 0.05) is 17.6 Å². The molecule has 108 valence electrons. The number of rotatable bonds is 6. The smallest absolute Gasteiger partial charge is 0.252 e. The van der Waals surface area contributed by atoms with Crippen LogP contribution in [0.4, 0.5) is 0 Å². The molecule has 0 aliphatic rings. The lowest BCUT2D eigenvalue weighted by atomic mass is 10.1. The first-order valence-electron chi connectivity index (χ1n) is 6.75. The second-order valence-electron chi connectivity index (χ2n) is 5.61. The van der Waals surface area contributed by atoms with E-state index in [0.29, 0.717) is 24.9 Å². The molecular formula is C15H21N3O2. The topological polar surface area (TPSA) is 60.2 Å². The molecule has 0 aliphatic heterocycles. The van der Waals surface area contributed by atoms with Gasteiger partial charge in [-0.25, -0.2) is 0 Å². The minimum absolute atomic E-state index is 0.105. The van der Waals surface area contributed by atoms with Crippen molar-refractivity contribution in [3.05, 3.63) is 36.2 Å². The van der Waals surface area contributed by atoms with E-state index >= 15 is 0 Å². The summed E-state index contributed by atoms with van der Waals surface area (Å²) >= 11 is 0. The molecule has 0 saturated carbocycles. The molecule has 0 radical (unpaired) electrons. The summed E-state index contributed by atoms with van der Waals surface area (Å²) in [7, 11) is 0. The standard InChI is InChI=1S/C15H21N3O2/c1-15(2,3)16-9-10-19-11-13-17-14(18-20-13)12-7-5-4-6-8-12/h4-8,16H,9-11H2,1-3H3. The van der Waals surface area contributed by atoms with Crippen LogP contribution in [0.1, 0.15) is 26.7 Å². The van der Waals surface area contributed by atoms with E-state index in [1.165, 1.54) is 0 Å². The van der Waals surface area contributed by atoms with Crippen molar-refractivity contribution in [3.8, 4) is 11.4 Å². The molecule has 0 saturated heterocycles. The van der Waals surface area contributed by atoms with Crippen molar-refractivity contribution >= 4 is 0 Å². The number of nitrogens with one attached hydrogen (secondary N) is 1. The molecule has 0 aliphatic carbocycles. The van der Waals surface area contributed by atoms with Gasteiger partial charge in [0.1, 0.15) is 6.61 Å². The molecule has 1 aromatic heterocycles. The van der Waals surface area contributed by atoms with Crippen molar-refractivity contribution in [3.63, 3.8) is 0 Å². The number of aromatic nitrogens is 2. The molecule has 0 atom stereocenters. The lowest BCUT2D eigenvalue weighted by Gasteiger charge is -2.20. The molecule has 5 nitrogen and oxygen atoms in total. The molecule has 0 spiro atoms. The largest absolute Gasteiger partial charge is 0.370 e. The second-order valence-corrected chi connectivity index (χ2v) is 5.61. The minimum atomic E-state index is 0.105. The summed E-state index contributed by atoms with van der Waals surface area (Å²) in [6, 6.07) is 9.74. The highest BCUT2D eigenvalue weighted by Crippen LogP contribution is 2.14. The Hall–Kier alpha value is -1.72. The summed E-state index contributed by atoms with van der Waals surface area (Å²) in [5.74, 6) is 1.09. The van der Waals surface area contributed by atoms with Crippen molar-refractivity contribution in [2.45, 2.75) is 32.9 Å². The highest BCUT2D eigenvalue weighted by atomic mass is 16.5. The average Bonchev–Trinajstić information content (AvgIpc) is 2.87. The molecule has 2 rings (SSSR count). The van der Waals surface area contributed by atoms with Crippen LogP contribution in [0.2, 0.25) is 0 Å². The Kier molecular flexibility index (Phi) is 4.87. The molecule has 5 heteroatoms. The maximum absolute atomic E-state index is 5.51. The van der Waals surface area contributed by atoms with E-state index < -0.39 is 0 Å². The second kappa shape index (κ2) is 6.63. The van der Waals surface area contributed by atoms with Crippen LogP contribution >= 0.6 is 0 Å². The Morgan fingerprint density at radius 1 is 1.20 bits per heavy atom. The maximum atomic E-state index is 5.51.